The molecule has 0 aliphatic carbocycles. The first-order valence-electron chi connectivity index (χ1n) is 12.0. The SMILES string of the molecule is Nc1nnc(-c2ccc(NC(=O)[C@H](Cc3ccccc3)NC(=O)C=Cc3cc(Cl)ccc3-n3cnnn3)cc2)s1. The van der Waals surface area contributed by atoms with E-state index in [1.165, 1.54) is 28.4 Å². The van der Waals surface area contributed by atoms with Crippen LogP contribution in [0.4, 0.5) is 10.8 Å². The van der Waals surface area contributed by atoms with E-state index in [0.717, 1.165) is 11.1 Å². The van der Waals surface area contributed by atoms with E-state index >= 15 is 0 Å². The van der Waals surface area contributed by atoms with Crippen LogP contribution in [0.5, 0.6) is 0 Å². The molecule has 0 radical (unpaired) electrons. The maximum atomic E-state index is 13.3. The van der Waals surface area contributed by atoms with Crippen LogP contribution in [-0.4, -0.2) is 48.3 Å². The standard InChI is InChI=1S/C27H22ClN9O2S/c28-20-9-12-23(37-16-30-35-36-37)19(15-20)8-13-24(38)32-22(14-17-4-2-1-3-5-17)25(39)31-21-10-6-18(7-11-21)26-33-34-27(29)40-26/h1-13,15-16,22H,14H2,(H2,29,34)(H,31,39)(H,32,38)/t22-/m0/s1. The summed E-state index contributed by atoms with van der Waals surface area (Å²) < 4.78 is 1.46. The van der Waals surface area contributed by atoms with Gasteiger partial charge in [-0.15, -0.1) is 15.3 Å². The van der Waals surface area contributed by atoms with Crippen LogP contribution >= 0.6 is 22.9 Å². The van der Waals surface area contributed by atoms with Gasteiger partial charge in [0.2, 0.25) is 16.9 Å². The van der Waals surface area contributed by atoms with Gasteiger partial charge >= 0.3 is 0 Å². The molecule has 2 aromatic heterocycles. The summed E-state index contributed by atoms with van der Waals surface area (Å²) in [7, 11) is 0. The van der Waals surface area contributed by atoms with E-state index in [0.29, 0.717) is 38.5 Å². The fraction of sp³-hybridized carbons (Fsp3) is 0.0741. The zero-order valence-electron chi connectivity index (χ0n) is 20.8. The zero-order valence-corrected chi connectivity index (χ0v) is 22.4. The number of nitrogens with zero attached hydrogens (tertiary/aromatic N) is 6. The first-order chi connectivity index (χ1) is 19.4. The molecular weight excluding hydrogens is 550 g/mol. The lowest BCUT2D eigenvalue weighted by atomic mass is 10.0. The largest absolute Gasteiger partial charge is 0.374 e. The number of halogens is 1. The second kappa shape index (κ2) is 12.3. The average Bonchev–Trinajstić information content (AvgIpc) is 3.65. The molecule has 3 aromatic carbocycles. The van der Waals surface area contributed by atoms with Crippen molar-refractivity contribution >= 4 is 51.6 Å². The molecule has 0 aliphatic heterocycles. The summed E-state index contributed by atoms with van der Waals surface area (Å²) in [4.78, 5) is 26.3. The van der Waals surface area contributed by atoms with E-state index in [-0.39, 0.29) is 5.91 Å². The molecule has 5 aromatic rings. The Morgan fingerprint density at radius 1 is 1.05 bits per heavy atom. The Kier molecular flexibility index (Phi) is 8.18. The smallest absolute Gasteiger partial charge is 0.247 e. The van der Waals surface area contributed by atoms with E-state index in [1.54, 1.807) is 36.4 Å². The Hall–Kier alpha value is -4.94. The van der Waals surface area contributed by atoms with Crippen molar-refractivity contribution in [3.63, 3.8) is 0 Å². The van der Waals surface area contributed by atoms with Crippen molar-refractivity contribution in [2.24, 2.45) is 0 Å². The Labute approximate surface area is 237 Å². The Bertz CT molecular complexity index is 1640. The van der Waals surface area contributed by atoms with E-state index < -0.39 is 11.9 Å². The van der Waals surface area contributed by atoms with Crippen molar-refractivity contribution < 1.29 is 9.59 Å². The summed E-state index contributed by atoms with van der Waals surface area (Å²) >= 11 is 7.45. The lowest BCUT2D eigenvalue weighted by molar-refractivity contribution is -0.123. The number of carbonyl (C=O) groups excluding carboxylic acids is 2. The lowest BCUT2D eigenvalue weighted by Gasteiger charge is -2.18. The van der Waals surface area contributed by atoms with Crippen LogP contribution in [0.25, 0.3) is 22.3 Å². The first-order valence-corrected chi connectivity index (χ1v) is 13.2. The molecule has 0 aliphatic rings. The van der Waals surface area contributed by atoms with Gasteiger partial charge in [-0.2, -0.15) is 4.68 Å². The topological polar surface area (TPSA) is 154 Å². The normalized spacial score (nSPS) is 11.8. The zero-order chi connectivity index (χ0) is 27.9. The number of hydrogen-bond acceptors (Lipinski definition) is 9. The van der Waals surface area contributed by atoms with Crippen molar-refractivity contribution in [2.75, 3.05) is 11.1 Å². The van der Waals surface area contributed by atoms with Gasteiger partial charge in [0, 0.05) is 34.3 Å². The van der Waals surface area contributed by atoms with Crippen LogP contribution in [0, 0.1) is 0 Å². The minimum absolute atomic E-state index is 0.293. The number of amides is 2. The molecular formula is C27H22ClN9O2S. The van der Waals surface area contributed by atoms with Crippen LogP contribution < -0.4 is 16.4 Å². The van der Waals surface area contributed by atoms with Gasteiger partial charge in [0.15, 0.2) is 0 Å². The van der Waals surface area contributed by atoms with Crippen molar-refractivity contribution in [3.05, 3.63) is 101 Å². The lowest BCUT2D eigenvalue weighted by Crippen LogP contribution is -2.44. The summed E-state index contributed by atoms with van der Waals surface area (Å²) in [5.41, 5.74) is 9.22. The predicted octanol–water partition coefficient (Wildman–Crippen LogP) is 3.80. The minimum Gasteiger partial charge on any atom is -0.374 e. The Balaban J connectivity index is 1.31. The van der Waals surface area contributed by atoms with Crippen LogP contribution in [0.3, 0.4) is 0 Å². The number of hydrogen-bond donors (Lipinski definition) is 3. The molecule has 5 rings (SSSR count). The molecule has 11 nitrogen and oxygen atoms in total. The summed E-state index contributed by atoms with van der Waals surface area (Å²) in [6, 6.07) is 20.9. The highest BCUT2D eigenvalue weighted by Gasteiger charge is 2.21. The molecule has 2 amide bonds. The molecule has 2 heterocycles. The van der Waals surface area contributed by atoms with E-state index in [4.69, 9.17) is 17.3 Å². The van der Waals surface area contributed by atoms with E-state index in [1.807, 2.05) is 42.5 Å². The summed E-state index contributed by atoms with van der Waals surface area (Å²) in [5, 5.41) is 26.3. The van der Waals surface area contributed by atoms with Crippen molar-refractivity contribution in [2.45, 2.75) is 12.5 Å². The average molecular weight is 572 g/mol. The number of nitrogens with one attached hydrogen (secondary N) is 2. The maximum absolute atomic E-state index is 13.3. The number of rotatable bonds is 9. The number of tetrazole rings is 1. The molecule has 0 saturated carbocycles. The number of carbonyl (C=O) groups is 2. The fourth-order valence-corrected chi connectivity index (χ4v) is 4.66. The third-order valence-corrected chi connectivity index (χ3v) is 6.79. The van der Waals surface area contributed by atoms with Gasteiger partial charge in [0.1, 0.15) is 17.4 Å². The number of aromatic nitrogens is 6. The fourth-order valence-electron chi connectivity index (χ4n) is 3.86. The highest BCUT2D eigenvalue weighted by molar-refractivity contribution is 7.18. The van der Waals surface area contributed by atoms with Gasteiger partial charge in [0.25, 0.3) is 0 Å². The summed E-state index contributed by atoms with van der Waals surface area (Å²) in [6.07, 6.45) is 4.67. The Morgan fingerprint density at radius 2 is 1.85 bits per heavy atom. The van der Waals surface area contributed by atoms with E-state index in [9.17, 15) is 9.59 Å². The molecule has 0 bridgehead atoms. The Morgan fingerprint density at radius 3 is 2.55 bits per heavy atom. The summed E-state index contributed by atoms with van der Waals surface area (Å²) in [5.74, 6) is -0.821. The second-order valence-electron chi connectivity index (χ2n) is 8.55. The van der Waals surface area contributed by atoms with Gasteiger partial charge in [-0.1, -0.05) is 53.3 Å². The molecule has 40 heavy (non-hydrogen) atoms. The maximum Gasteiger partial charge on any atom is 0.247 e. The summed E-state index contributed by atoms with van der Waals surface area (Å²) in [6.45, 7) is 0. The van der Waals surface area contributed by atoms with Crippen LogP contribution in [0.1, 0.15) is 11.1 Å². The number of anilines is 2. The number of benzene rings is 3. The van der Waals surface area contributed by atoms with Crippen molar-refractivity contribution in [1.82, 2.24) is 35.7 Å². The third-order valence-electron chi connectivity index (χ3n) is 5.76. The van der Waals surface area contributed by atoms with Gasteiger partial charge in [-0.3, -0.25) is 9.59 Å². The highest BCUT2D eigenvalue weighted by Crippen LogP contribution is 2.26. The number of nitrogen functional groups attached to an aromatic ring is 1. The van der Waals surface area contributed by atoms with Gasteiger partial charge in [-0.25, -0.2) is 0 Å². The van der Waals surface area contributed by atoms with E-state index in [2.05, 4.69) is 36.4 Å². The molecule has 0 saturated heterocycles. The second-order valence-corrected chi connectivity index (χ2v) is 10.00. The monoisotopic (exact) mass is 571 g/mol. The molecule has 0 fully saturated rings. The minimum atomic E-state index is -0.847. The molecule has 13 heteroatoms. The first kappa shape index (κ1) is 26.7. The molecule has 0 unspecified atom stereocenters. The third kappa shape index (κ3) is 6.73. The van der Waals surface area contributed by atoms with Crippen LogP contribution in [0.15, 0.2) is 85.2 Å². The molecule has 1 atom stereocenters. The van der Waals surface area contributed by atoms with Crippen molar-refractivity contribution in [1.29, 1.82) is 0 Å². The van der Waals surface area contributed by atoms with Crippen LogP contribution in [-0.2, 0) is 16.0 Å². The highest BCUT2D eigenvalue weighted by atomic mass is 35.5. The van der Waals surface area contributed by atoms with Gasteiger partial charge < -0.3 is 16.4 Å². The van der Waals surface area contributed by atoms with Gasteiger partial charge in [-0.05, 0) is 64.5 Å². The van der Waals surface area contributed by atoms with Gasteiger partial charge in [0.05, 0.1) is 5.69 Å². The molecule has 0 spiro atoms. The quantitative estimate of drug-likeness (QED) is 0.226. The molecule has 200 valence electrons. The van der Waals surface area contributed by atoms with Crippen LogP contribution in [0.2, 0.25) is 5.02 Å². The molecule has 4 N–H and O–H groups in total. The van der Waals surface area contributed by atoms with Crippen molar-refractivity contribution in [3.8, 4) is 16.3 Å². The predicted molar refractivity (Wildman–Crippen MR) is 154 cm³/mol. The number of nitrogens with two attached hydrogens (primary N) is 1.